The molecule has 3 aromatic rings. The van der Waals surface area contributed by atoms with E-state index in [4.69, 9.17) is 14.2 Å². The minimum Gasteiger partial charge on any atom is -0.423 e. The Kier molecular flexibility index (Phi) is 4.70. The Labute approximate surface area is 167 Å². The number of rotatable bonds is 6. The van der Waals surface area contributed by atoms with Crippen LogP contribution in [0.25, 0.3) is 5.69 Å². The molecule has 2 aliphatic rings. The topological polar surface area (TPSA) is 114 Å². The van der Waals surface area contributed by atoms with Crippen LogP contribution in [0, 0.1) is 0 Å². The van der Waals surface area contributed by atoms with Crippen LogP contribution in [0.15, 0.2) is 36.9 Å². The van der Waals surface area contributed by atoms with E-state index in [2.05, 4.69) is 44.8 Å². The Morgan fingerprint density at radius 1 is 1.14 bits per heavy atom. The standard InChI is InChI=1S/C18H22N8O3/c1-11(2)21-14-7-27-17-15(8-28-16(14)17)26-18(22-23-24-26)29-13-5-3-12(4-6-13)25-10-19-9-20-25/h3-6,9-11,14-17,21H,7-8H2,1-2H3/t14-,15+,16-,17+/m1/s1. The molecule has 2 aliphatic heterocycles. The maximum atomic E-state index is 6.01. The minimum atomic E-state index is -0.140. The van der Waals surface area contributed by atoms with Gasteiger partial charge in [-0.3, -0.25) is 0 Å². The van der Waals surface area contributed by atoms with Crippen molar-refractivity contribution in [2.45, 2.75) is 44.2 Å². The van der Waals surface area contributed by atoms with Gasteiger partial charge < -0.3 is 19.5 Å². The summed E-state index contributed by atoms with van der Waals surface area (Å²) in [6, 6.07) is 8.12. The van der Waals surface area contributed by atoms with E-state index in [1.54, 1.807) is 15.7 Å². The molecule has 0 radical (unpaired) electrons. The van der Waals surface area contributed by atoms with Crippen molar-refractivity contribution in [2.75, 3.05) is 13.2 Å². The summed E-state index contributed by atoms with van der Waals surface area (Å²) in [6.07, 6.45) is 2.98. The monoisotopic (exact) mass is 398 g/mol. The van der Waals surface area contributed by atoms with E-state index in [-0.39, 0.29) is 24.3 Å². The summed E-state index contributed by atoms with van der Waals surface area (Å²) in [6.45, 7) is 5.30. The second-order valence-corrected chi connectivity index (χ2v) is 7.43. The number of hydrogen-bond donors (Lipinski definition) is 1. The first-order valence-corrected chi connectivity index (χ1v) is 9.59. The third-order valence-corrected chi connectivity index (χ3v) is 5.08. The zero-order valence-electron chi connectivity index (χ0n) is 16.1. The number of fused-ring (bicyclic) bond motifs is 1. The van der Waals surface area contributed by atoms with Crippen molar-refractivity contribution in [3.63, 3.8) is 0 Å². The molecular formula is C18H22N8O3. The fourth-order valence-corrected chi connectivity index (χ4v) is 3.83. The van der Waals surface area contributed by atoms with Crippen molar-refractivity contribution < 1.29 is 14.2 Å². The van der Waals surface area contributed by atoms with Gasteiger partial charge in [0.15, 0.2) is 0 Å². The zero-order valence-corrected chi connectivity index (χ0v) is 16.1. The fraction of sp³-hybridized carbons (Fsp3) is 0.500. The molecule has 2 fully saturated rings. The zero-order chi connectivity index (χ0) is 19.8. The van der Waals surface area contributed by atoms with Crippen molar-refractivity contribution >= 4 is 0 Å². The molecule has 0 spiro atoms. The van der Waals surface area contributed by atoms with Crippen LogP contribution in [-0.4, -0.2) is 72.5 Å². The molecule has 29 heavy (non-hydrogen) atoms. The van der Waals surface area contributed by atoms with Crippen molar-refractivity contribution in [3.8, 4) is 17.4 Å². The molecule has 11 nitrogen and oxygen atoms in total. The number of ether oxygens (including phenoxy) is 3. The molecule has 0 saturated carbocycles. The van der Waals surface area contributed by atoms with Gasteiger partial charge in [0.1, 0.15) is 36.7 Å². The summed E-state index contributed by atoms with van der Waals surface area (Å²) in [5.41, 5.74) is 0.879. The van der Waals surface area contributed by atoms with Gasteiger partial charge in [0.2, 0.25) is 0 Å². The van der Waals surface area contributed by atoms with Crippen molar-refractivity contribution in [2.24, 2.45) is 0 Å². The lowest BCUT2D eigenvalue weighted by atomic mass is 10.1. The second-order valence-electron chi connectivity index (χ2n) is 7.43. The molecule has 1 aromatic carbocycles. The lowest BCUT2D eigenvalue weighted by molar-refractivity contribution is 0.0610. The number of benzene rings is 1. The van der Waals surface area contributed by atoms with Crippen LogP contribution in [0.5, 0.6) is 11.8 Å². The highest BCUT2D eigenvalue weighted by Crippen LogP contribution is 2.36. The summed E-state index contributed by atoms with van der Waals surface area (Å²) < 4.78 is 21.3. The molecule has 2 saturated heterocycles. The number of nitrogens with one attached hydrogen (secondary N) is 1. The van der Waals surface area contributed by atoms with E-state index in [1.165, 1.54) is 6.33 Å². The minimum absolute atomic E-state index is 0.0265. The summed E-state index contributed by atoms with van der Waals surface area (Å²) in [5, 5.41) is 19.6. The molecule has 4 atom stereocenters. The maximum Gasteiger partial charge on any atom is 0.341 e. The molecule has 0 unspecified atom stereocenters. The highest BCUT2D eigenvalue weighted by Gasteiger charge is 2.49. The van der Waals surface area contributed by atoms with E-state index in [9.17, 15) is 0 Å². The molecule has 11 heteroatoms. The van der Waals surface area contributed by atoms with Crippen molar-refractivity contribution in [1.29, 1.82) is 0 Å². The number of hydrogen-bond acceptors (Lipinski definition) is 9. The molecule has 0 bridgehead atoms. The van der Waals surface area contributed by atoms with Gasteiger partial charge in [0, 0.05) is 6.04 Å². The molecular weight excluding hydrogens is 376 g/mol. The number of nitrogens with zero attached hydrogens (tertiary/aromatic N) is 7. The highest BCUT2D eigenvalue weighted by atomic mass is 16.6. The van der Waals surface area contributed by atoms with Gasteiger partial charge in [-0.1, -0.05) is 18.9 Å². The molecule has 2 aromatic heterocycles. The Balaban J connectivity index is 1.30. The van der Waals surface area contributed by atoms with Crippen molar-refractivity contribution in [3.05, 3.63) is 36.9 Å². The quantitative estimate of drug-likeness (QED) is 0.642. The second kappa shape index (κ2) is 7.50. The Morgan fingerprint density at radius 3 is 2.72 bits per heavy atom. The average molecular weight is 398 g/mol. The van der Waals surface area contributed by atoms with Crippen LogP contribution in [0.2, 0.25) is 0 Å². The molecule has 1 N–H and O–H groups in total. The Morgan fingerprint density at radius 2 is 1.97 bits per heavy atom. The van der Waals surface area contributed by atoms with Crippen molar-refractivity contribution in [1.82, 2.24) is 40.3 Å². The Bertz CT molecular complexity index is 942. The van der Waals surface area contributed by atoms with Crippen LogP contribution in [0.1, 0.15) is 19.9 Å². The summed E-state index contributed by atoms with van der Waals surface area (Å²) in [5.74, 6) is 0.618. The molecule has 5 rings (SSSR count). The highest BCUT2D eigenvalue weighted by molar-refractivity contribution is 5.37. The molecule has 0 aliphatic carbocycles. The lowest BCUT2D eigenvalue weighted by Crippen LogP contribution is -2.44. The van der Waals surface area contributed by atoms with Gasteiger partial charge >= 0.3 is 6.01 Å². The summed E-state index contributed by atoms with van der Waals surface area (Å²) >= 11 is 0. The van der Waals surface area contributed by atoms with Gasteiger partial charge in [-0.05, 0) is 34.7 Å². The maximum absolute atomic E-state index is 6.01. The SMILES string of the molecule is CC(C)N[C@@H]1CO[C@@H]2[C@@H]1OC[C@@H]2n1nnnc1Oc1ccc(-n2cncn2)cc1. The summed E-state index contributed by atoms with van der Waals surface area (Å²) in [4.78, 5) is 3.95. The molecule has 0 amide bonds. The van der Waals surface area contributed by atoms with Crippen LogP contribution in [0.3, 0.4) is 0 Å². The van der Waals surface area contributed by atoms with Gasteiger partial charge in [0.05, 0.1) is 24.9 Å². The molecule has 4 heterocycles. The normalized spacial score (nSPS) is 26.2. The first kappa shape index (κ1) is 18.2. The third-order valence-electron chi connectivity index (χ3n) is 5.08. The number of tetrazole rings is 1. The largest absolute Gasteiger partial charge is 0.423 e. The van der Waals surface area contributed by atoms with Gasteiger partial charge in [-0.15, -0.1) is 0 Å². The van der Waals surface area contributed by atoms with Crippen LogP contribution < -0.4 is 10.1 Å². The van der Waals surface area contributed by atoms with Crippen LogP contribution >= 0.6 is 0 Å². The predicted molar refractivity (Wildman–Crippen MR) is 99.8 cm³/mol. The Hall–Kier alpha value is -2.89. The average Bonchev–Trinajstić information content (AvgIpc) is 3.48. The van der Waals surface area contributed by atoms with E-state index >= 15 is 0 Å². The van der Waals surface area contributed by atoms with E-state index in [0.717, 1.165) is 5.69 Å². The first-order valence-electron chi connectivity index (χ1n) is 9.59. The van der Waals surface area contributed by atoms with Gasteiger partial charge in [-0.25, -0.2) is 9.67 Å². The van der Waals surface area contributed by atoms with Gasteiger partial charge in [0.25, 0.3) is 0 Å². The predicted octanol–water partition coefficient (Wildman–Crippen LogP) is 0.751. The fourth-order valence-electron chi connectivity index (χ4n) is 3.83. The van der Waals surface area contributed by atoms with Crippen LogP contribution in [-0.2, 0) is 9.47 Å². The van der Waals surface area contributed by atoms with E-state index in [1.807, 2.05) is 24.3 Å². The smallest absolute Gasteiger partial charge is 0.341 e. The van der Waals surface area contributed by atoms with E-state index < -0.39 is 0 Å². The third kappa shape index (κ3) is 3.48. The number of aromatic nitrogens is 7. The lowest BCUT2D eigenvalue weighted by Gasteiger charge is -2.20. The summed E-state index contributed by atoms with van der Waals surface area (Å²) in [7, 11) is 0. The molecule has 152 valence electrons. The first-order chi connectivity index (χ1) is 14.2. The van der Waals surface area contributed by atoms with E-state index in [0.29, 0.717) is 31.0 Å². The van der Waals surface area contributed by atoms with Gasteiger partial charge in [-0.2, -0.15) is 9.78 Å². The van der Waals surface area contributed by atoms with Crippen LogP contribution in [0.4, 0.5) is 0 Å².